The van der Waals surface area contributed by atoms with Crippen molar-refractivity contribution in [2.45, 2.75) is 18.6 Å². The van der Waals surface area contributed by atoms with Crippen LogP contribution in [0.1, 0.15) is 12.1 Å². The molecule has 4 rings (SSSR count). The van der Waals surface area contributed by atoms with Crippen LogP contribution in [0.2, 0.25) is 0 Å². The van der Waals surface area contributed by atoms with E-state index in [0.717, 1.165) is 0 Å². The molecule has 1 aromatic carbocycles. The van der Waals surface area contributed by atoms with E-state index in [4.69, 9.17) is 9.47 Å². The Morgan fingerprint density at radius 1 is 1.39 bits per heavy atom. The number of carbonyl (C=O) groups is 3. The van der Waals surface area contributed by atoms with Crippen molar-refractivity contribution >= 4 is 35.2 Å². The number of anilines is 2. The van der Waals surface area contributed by atoms with E-state index in [9.17, 15) is 18.8 Å². The molecule has 0 radical (unpaired) electrons. The number of rotatable bonds is 6. The van der Waals surface area contributed by atoms with E-state index in [1.54, 1.807) is 18.3 Å². The molecular formula is C22H24FN5O5. The molecule has 3 heterocycles. The first-order chi connectivity index (χ1) is 16.0. The molecule has 174 valence electrons. The van der Waals surface area contributed by atoms with Crippen molar-refractivity contribution in [1.29, 1.82) is 0 Å². The number of methoxy groups -OCH3 is 1. The van der Waals surface area contributed by atoms with E-state index < -0.39 is 17.8 Å². The summed E-state index contributed by atoms with van der Waals surface area (Å²) in [4.78, 5) is 47.3. The summed E-state index contributed by atoms with van der Waals surface area (Å²) in [6.07, 6.45) is 5.97. The smallest absolute Gasteiger partial charge is 0.253 e. The number of nitrogens with zero attached hydrogens (tertiary/aromatic N) is 3. The Bertz CT molecular complexity index is 1060. The van der Waals surface area contributed by atoms with Crippen LogP contribution in [0.25, 0.3) is 6.08 Å². The number of halogens is 1. The number of likely N-dealkylation sites (tertiary alicyclic amines) is 1. The molecule has 0 bridgehead atoms. The highest BCUT2D eigenvalue weighted by atomic mass is 19.1. The van der Waals surface area contributed by atoms with Gasteiger partial charge in [-0.15, -0.1) is 0 Å². The lowest BCUT2D eigenvalue weighted by Gasteiger charge is -2.27. The number of benzene rings is 1. The van der Waals surface area contributed by atoms with E-state index in [0.29, 0.717) is 24.5 Å². The Morgan fingerprint density at radius 3 is 2.94 bits per heavy atom. The summed E-state index contributed by atoms with van der Waals surface area (Å²) in [6.45, 7) is 0.875. The molecule has 2 N–H and O–H groups in total. The summed E-state index contributed by atoms with van der Waals surface area (Å²) in [5, 5.41) is 2.56. The second-order valence-electron chi connectivity index (χ2n) is 7.68. The van der Waals surface area contributed by atoms with Gasteiger partial charge in [0.2, 0.25) is 11.8 Å². The second kappa shape index (κ2) is 9.92. The van der Waals surface area contributed by atoms with Crippen LogP contribution < -0.4 is 10.2 Å². The Kier molecular flexibility index (Phi) is 6.80. The van der Waals surface area contributed by atoms with Crippen LogP contribution >= 0.6 is 0 Å². The van der Waals surface area contributed by atoms with Crippen LogP contribution in [-0.2, 0) is 23.9 Å². The molecule has 2 aliphatic rings. The van der Waals surface area contributed by atoms with E-state index in [2.05, 4.69) is 15.3 Å². The largest absolute Gasteiger partial charge is 0.380 e. The predicted molar refractivity (Wildman–Crippen MR) is 117 cm³/mol. The second-order valence-corrected chi connectivity index (χ2v) is 7.68. The number of aromatic amines is 1. The standard InChI is InChI=1S/C22H24FN5O5/c1-32-16-9-19(28(11-16)20(29)5-2-14-10-24-13-25-14)22(31)26-18-4-3-15(8-17(18)23)27-6-7-33-12-21(27)30/h2-5,8,10,13,16,19H,6-7,9,11-12H2,1H3,(H,24,25)(H,26,31)/b5-2+/t16-,19-/m1/s1. The van der Waals surface area contributed by atoms with Crippen LogP contribution in [0.15, 0.2) is 36.8 Å². The molecule has 0 unspecified atom stereocenters. The molecular weight excluding hydrogens is 433 g/mol. The number of nitrogens with one attached hydrogen (secondary N) is 2. The van der Waals surface area contributed by atoms with Gasteiger partial charge in [0.1, 0.15) is 18.5 Å². The number of morpholine rings is 1. The van der Waals surface area contributed by atoms with E-state index >= 15 is 0 Å². The summed E-state index contributed by atoms with van der Waals surface area (Å²) in [6, 6.07) is 3.33. The van der Waals surface area contributed by atoms with Crippen molar-refractivity contribution in [1.82, 2.24) is 14.9 Å². The van der Waals surface area contributed by atoms with Crippen molar-refractivity contribution in [3.05, 3.63) is 48.3 Å². The van der Waals surface area contributed by atoms with E-state index in [-0.39, 0.29) is 43.2 Å². The molecule has 1 aromatic heterocycles. The Balaban J connectivity index is 1.46. The normalized spacial score (nSPS) is 21.1. The summed E-state index contributed by atoms with van der Waals surface area (Å²) in [5.41, 5.74) is 0.928. The number of ether oxygens (including phenoxy) is 2. The van der Waals surface area contributed by atoms with Crippen molar-refractivity contribution in [2.75, 3.05) is 43.6 Å². The van der Waals surface area contributed by atoms with Gasteiger partial charge in [-0.25, -0.2) is 9.37 Å². The minimum absolute atomic E-state index is 0.0372. The van der Waals surface area contributed by atoms with Gasteiger partial charge in [0.05, 0.1) is 30.4 Å². The quantitative estimate of drug-likeness (QED) is 0.630. The lowest BCUT2D eigenvalue weighted by molar-refractivity contribution is -0.132. The number of amides is 3. The highest BCUT2D eigenvalue weighted by Gasteiger charge is 2.39. The fraction of sp³-hybridized carbons (Fsp3) is 0.364. The zero-order valence-electron chi connectivity index (χ0n) is 18.0. The zero-order valence-corrected chi connectivity index (χ0v) is 18.0. The van der Waals surface area contributed by atoms with Gasteiger partial charge in [0, 0.05) is 44.6 Å². The molecule has 2 saturated heterocycles. The molecule has 2 atom stereocenters. The Hall–Kier alpha value is -3.57. The Morgan fingerprint density at radius 2 is 2.24 bits per heavy atom. The number of imidazole rings is 1. The zero-order chi connectivity index (χ0) is 23.4. The summed E-state index contributed by atoms with van der Waals surface area (Å²) >= 11 is 0. The van der Waals surface area contributed by atoms with Crippen molar-refractivity contribution < 1.29 is 28.2 Å². The van der Waals surface area contributed by atoms with E-state index in [1.165, 1.54) is 41.4 Å². The monoisotopic (exact) mass is 457 g/mol. The van der Waals surface area contributed by atoms with Gasteiger partial charge in [0.15, 0.2) is 0 Å². The summed E-state index contributed by atoms with van der Waals surface area (Å²) in [5.74, 6) is -1.84. The van der Waals surface area contributed by atoms with Gasteiger partial charge in [-0.3, -0.25) is 14.4 Å². The molecule has 2 fully saturated rings. The van der Waals surface area contributed by atoms with Crippen LogP contribution in [0.4, 0.5) is 15.8 Å². The third kappa shape index (κ3) is 5.10. The minimum atomic E-state index is -0.828. The van der Waals surface area contributed by atoms with Crippen molar-refractivity contribution in [3.63, 3.8) is 0 Å². The van der Waals surface area contributed by atoms with Crippen LogP contribution in [-0.4, -0.2) is 78.1 Å². The highest BCUT2D eigenvalue weighted by molar-refractivity contribution is 6.01. The molecule has 11 heteroatoms. The number of aromatic nitrogens is 2. The average molecular weight is 457 g/mol. The lowest BCUT2D eigenvalue weighted by atomic mass is 10.1. The predicted octanol–water partition coefficient (Wildman–Crippen LogP) is 1.18. The van der Waals surface area contributed by atoms with Crippen LogP contribution in [0, 0.1) is 5.82 Å². The molecule has 33 heavy (non-hydrogen) atoms. The maximum Gasteiger partial charge on any atom is 0.253 e. The van der Waals surface area contributed by atoms with Gasteiger partial charge in [-0.05, 0) is 24.3 Å². The number of hydrogen-bond donors (Lipinski definition) is 2. The molecule has 0 aliphatic carbocycles. The average Bonchev–Trinajstić information content (AvgIpc) is 3.49. The molecule has 2 aromatic rings. The third-order valence-electron chi connectivity index (χ3n) is 5.61. The minimum Gasteiger partial charge on any atom is -0.380 e. The molecule has 2 aliphatic heterocycles. The van der Waals surface area contributed by atoms with Crippen molar-refractivity contribution in [2.24, 2.45) is 0 Å². The number of carbonyl (C=O) groups excluding carboxylic acids is 3. The summed E-state index contributed by atoms with van der Waals surface area (Å²) < 4.78 is 25.2. The fourth-order valence-corrected chi connectivity index (χ4v) is 3.86. The van der Waals surface area contributed by atoms with Gasteiger partial charge >= 0.3 is 0 Å². The first-order valence-electron chi connectivity index (χ1n) is 10.4. The number of H-pyrrole nitrogens is 1. The first-order valence-corrected chi connectivity index (χ1v) is 10.4. The maximum atomic E-state index is 14.7. The molecule has 3 amide bonds. The first kappa shape index (κ1) is 22.6. The van der Waals surface area contributed by atoms with E-state index in [1.807, 2.05) is 0 Å². The lowest BCUT2D eigenvalue weighted by Crippen LogP contribution is -2.42. The Labute approximate surface area is 189 Å². The van der Waals surface area contributed by atoms with Gasteiger partial charge in [0.25, 0.3) is 5.91 Å². The van der Waals surface area contributed by atoms with Gasteiger partial charge < -0.3 is 29.6 Å². The molecule has 0 spiro atoms. The van der Waals surface area contributed by atoms with Gasteiger partial charge in [-0.1, -0.05) is 0 Å². The topological polar surface area (TPSA) is 117 Å². The third-order valence-corrected chi connectivity index (χ3v) is 5.61. The van der Waals surface area contributed by atoms with Crippen LogP contribution in [0.3, 0.4) is 0 Å². The molecule has 0 saturated carbocycles. The SMILES string of the molecule is CO[C@@H]1C[C@H](C(=O)Nc2ccc(N3CCOCC3=O)cc2F)N(C(=O)/C=C/c2c[nH]cn2)C1. The maximum absolute atomic E-state index is 14.7. The van der Waals surface area contributed by atoms with Gasteiger partial charge in [-0.2, -0.15) is 0 Å². The number of hydrogen-bond acceptors (Lipinski definition) is 6. The molecule has 10 nitrogen and oxygen atoms in total. The van der Waals surface area contributed by atoms with Crippen LogP contribution in [0.5, 0.6) is 0 Å². The highest BCUT2D eigenvalue weighted by Crippen LogP contribution is 2.26. The van der Waals surface area contributed by atoms with Crippen molar-refractivity contribution in [3.8, 4) is 0 Å². The summed E-state index contributed by atoms with van der Waals surface area (Å²) in [7, 11) is 1.51. The fourth-order valence-electron chi connectivity index (χ4n) is 3.86.